The van der Waals surface area contributed by atoms with Gasteiger partial charge in [0.05, 0.1) is 0 Å². The van der Waals surface area contributed by atoms with Gasteiger partial charge in [-0.3, -0.25) is 14.3 Å². The number of carbonyl (C=O) groups excluding carboxylic acids is 1. The minimum atomic E-state index is 0.0536. The third-order valence-corrected chi connectivity index (χ3v) is 6.23. The van der Waals surface area contributed by atoms with Crippen molar-refractivity contribution in [1.82, 2.24) is 25.1 Å². The molecule has 0 bridgehead atoms. The van der Waals surface area contributed by atoms with E-state index < -0.39 is 0 Å². The first-order chi connectivity index (χ1) is 16.2. The zero-order valence-corrected chi connectivity index (χ0v) is 19.6. The fraction of sp³-hybridized carbons (Fsp3) is 0.200. The number of halogens is 1. The van der Waals surface area contributed by atoms with Crippen LogP contribution in [0.15, 0.2) is 84.1 Å². The molecule has 2 heterocycles. The van der Waals surface area contributed by atoms with E-state index in [0.717, 1.165) is 46.5 Å². The average molecular weight is 478 g/mol. The van der Waals surface area contributed by atoms with Gasteiger partial charge in [0, 0.05) is 53.3 Å². The average Bonchev–Trinajstić information content (AvgIpc) is 3.27. The molecule has 2 aromatic heterocycles. The van der Waals surface area contributed by atoms with Crippen LogP contribution in [-0.2, 0) is 11.2 Å². The second-order valence-corrected chi connectivity index (χ2v) is 8.86. The van der Waals surface area contributed by atoms with E-state index in [1.165, 1.54) is 0 Å². The van der Waals surface area contributed by atoms with Crippen molar-refractivity contribution in [2.75, 3.05) is 12.3 Å². The third-order valence-electron chi connectivity index (χ3n) is 4.96. The van der Waals surface area contributed by atoms with Crippen LogP contribution < -0.4 is 5.32 Å². The van der Waals surface area contributed by atoms with E-state index in [9.17, 15) is 4.79 Å². The van der Waals surface area contributed by atoms with Crippen molar-refractivity contribution in [3.05, 3.63) is 89.7 Å². The highest BCUT2D eigenvalue weighted by Gasteiger charge is 2.16. The molecule has 0 spiro atoms. The minimum absolute atomic E-state index is 0.0536. The number of aromatic nitrogens is 4. The van der Waals surface area contributed by atoms with E-state index in [1.807, 2.05) is 77.4 Å². The lowest BCUT2D eigenvalue weighted by Gasteiger charge is -2.10. The number of hydrogen-bond donors (Lipinski definition) is 1. The molecule has 0 atom stereocenters. The molecule has 0 saturated carbocycles. The van der Waals surface area contributed by atoms with Crippen molar-refractivity contribution in [2.45, 2.75) is 24.4 Å². The number of hydrogen-bond acceptors (Lipinski definition) is 5. The first-order valence-corrected chi connectivity index (χ1v) is 12.1. The van der Waals surface area contributed by atoms with Crippen LogP contribution in [0, 0.1) is 0 Å². The van der Waals surface area contributed by atoms with Gasteiger partial charge in [0.25, 0.3) is 0 Å². The molecule has 0 aliphatic rings. The first-order valence-electron chi connectivity index (χ1n) is 10.8. The fourth-order valence-corrected chi connectivity index (χ4v) is 4.34. The van der Waals surface area contributed by atoms with E-state index in [2.05, 4.69) is 20.5 Å². The van der Waals surface area contributed by atoms with Crippen LogP contribution >= 0.6 is 23.4 Å². The Morgan fingerprint density at radius 3 is 2.52 bits per heavy atom. The Kier molecular flexibility index (Phi) is 8.11. The van der Waals surface area contributed by atoms with Gasteiger partial charge in [-0.1, -0.05) is 47.6 Å². The number of rotatable bonds is 10. The number of nitrogens with zero attached hydrogens (tertiary/aromatic N) is 4. The standard InChI is InChI=1S/C25H24ClN5OS/c26-20-13-11-19(12-14-20)24-29-30-25(31(24)22-8-2-1-3-9-22)33-18-6-10-23(32)28-17-15-21-7-4-5-16-27-21/h1-5,7-9,11-14,16H,6,10,15,17-18H2,(H,28,32). The Morgan fingerprint density at radius 2 is 1.76 bits per heavy atom. The lowest BCUT2D eigenvalue weighted by molar-refractivity contribution is -0.121. The minimum Gasteiger partial charge on any atom is -0.356 e. The molecule has 0 aliphatic carbocycles. The summed E-state index contributed by atoms with van der Waals surface area (Å²) >= 11 is 7.65. The smallest absolute Gasteiger partial charge is 0.220 e. The molecule has 6 nitrogen and oxygen atoms in total. The molecule has 0 saturated heterocycles. The molecular formula is C25H24ClN5OS. The van der Waals surface area contributed by atoms with Crippen molar-refractivity contribution in [3.63, 3.8) is 0 Å². The van der Waals surface area contributed by atoms with E-state index in [4.69, 9.17) is 11.6 Å². The highest BCUT2D eigenvalue weighted by atomic mass is 35.5. The van der Waals surface area contributed by atoms with E-state index in [0.29, 0.717) is 18.0 Å². The van der Waals surface area contributed by atoms with Gasteiger partial charge in [-0.25, -0.2) is 0 Å². The number of carbonyl (C=O) groups is 1. The van der Waals surface area contributed by atoms with Crippen LogP contribution in [-0.4, -0.2) is 38.0 Å². The number of benzene rings is 2. The van der Waals surface area contributed by atoms with Crippen LogP contribution in [0.1, 0.15) is 18.5 Å². The van der Waals surface area contributed by atoms with Gasteiger partial charge in [-0.05, 0) is 55.0 Å². The summed E-state index contributed by atoms with van der Waals surface area (Å²) in [6.45, 7) is 0.593. The normalized spacial score (nSPS) is 10.8. The molecule has 4 aromatic rings. The van der Waals surface area contributed by atoms with Crippen LogP contribution in [0.5, 0.6) is 0 Å². The summed E-state index contributed by atoms with van der Waals surface area (Å²) in [6.07, 6.45) is 3.71. The van der Waals surface area contributed by atoms with E-state index in [-0.39, 0.29) is 5.91 Å². The largest absolute Gasteiger partial charge is 0.356 e. The molecule has 0 radical (unpaired) electrons. The van der Waals surface area contributed by atoms with Crippen molar-refractivity contribution < 1.29 is 4.79 Å². The van der Waals surface area contributed by atoms with Crippen LogP contribution in [0.3, 0.4) is 0 Å². The molecule has 33 heavy (non-hydrogen) atoms. The maximum Gasteiger partial charge on any atom is 0.220 e. The Balaban J connectivity index is 1.34. The van der Waals surface area contributed by atoms with E-state index >= 15 is 0 Å². The summed E-state index contributed by atoms with van der Waals surface area (Å²) in [5.74, 6) is 1.57. The van der Waals surface area contributed by atoms with Gasteiger partial charge in [-0.2, -0.15) is 0 Å². The zero-order chi connectivity index (χ0) is 22.9. The predicted molar refractivity (Wildman–Crippen MR) is 133 cm³/mol. The molecule has 0 fully saturated rings. The SMILES string of the molecule is O=C(CCCSc1nnc(-c2ccc(Cl)cc2)n1-c1ccccc1)NCCc1ccccn1. The van der Waals surface area contributed by atoms with Gasteiger partial charge in [0.1, 0.15) is 0 Å². The molecule has 0 aliphatic heterocycles. The highest BCUT2D eigenvalue weighted by molar-refractivity contribution is 7.99. The maximum atomic E-state index is 12.2. The predicted octanol–water partition coefficient (Wildman–Crippen LogP) is 5.21. The van der Waals surface area contributed by atoms with Crippen LogP contribution in [0.2, 0.25) is 5.02 Å². The van der Waals surface area contributed by atoms with Crippen LogP contribution in [0.25, 0.3) is 17.1 Å². The molecule has 1 N–H and O–H groups in total. The topological polar surface area (TPSA) is 72.7 Å². The van der Waals surface area contributed by atoms with Gasteiger partial charge in [-0.15, -0.1) is 10.2 Å². The zero-order valence-electron chi connectivity index (χ0n) is 18.0. The monoisotopic (exact) mass is 477 g/mol. The van der Waals surface area contributed by atoms with Gasteiger partial charge >= 0.3 is 0 Å². The van der Waals surface area contributed by atoms with Crippen LogP contribution in [0.4, 0.5) is 0 Å². The quantitative estimate of drug-likeness (QED) is 0.250. The van der Waals surface area contributed by atoms with Crippen molar-refractivity contribution in [1.29, 1.82) is 0 Å². The van der Waals surface area contributed by atoms with Crippen molar-refractivity contribution in [2.24, 2.45) is 0 Å². The molecule has 2 aromatic carbocycles. The maximum absolute atomic E-state index is 12.2. The summed E-state index contributed by atoms with van der Waals surface area (Å²) < 4.78 is 2.04. The second kappa shape index (κ2) is 11.6. The lowest BCUT2D eigenvalue weighted by Crippen LogP contribution is -2.25. The Hall–Kier alpha value is -3.16. The Bertz CT molecular complexity index is 1170. The number of amides is 1. The first kappa shape index (κ1) is 23.0. The summed E-state index contributed by atoms with van der Waals surface area (Å²) in [7, 11) is 0. The molecule has 4 rings (SSSR count). The molecule has 0 unspecified atom stereocenters. The summed E-state index contributed by atoms with van der Waals surface area (Å²) in [5.41, 5.74) is 2.90. The van der Waals surface area contributed by atoms with Gasteiger partial charge < -0.3 is 5.32 Å². The molecular weight excluding hydrogens is 454 g/mol. The third kappa shape index (κ3) is 6.43. The van der Waals surface area contributed by atoms with Crippen molar-refractivity contribution >= 4 is 29.3 Å². The van der Waals surface area contributed by atoms with Gasteiger partial charge in [0.2, 0.25) is 5.91 Å². The molecule has 8 heteroatoms. The summed E-state index contributed by atoms with van der Waals surface area (Å²) in [5, 5.41) is 13.3. The van der Waals surface area contributed by atoms with Gasteiger partial charge in [0.15, 0.2) is 11.0 Å². The van der Waals surface area contributed by atoms with E-state index in [1.54, 1.807) is 18.0 Å². The number of pyridine rings is 1. The lowest BCUT2D eigenvalue weighted by atomic mass is 10.2. The summed E-state index contributed by atoms with van der Waals surface area (Å²) in [6, 6.07) is 23.4. The second-order valence-electron chi connectivity index (χ2n) is 7.36. The summed E-state index contributed by atoms with van der Waals surface area (Å²) in [4.78, 5) is 16.4. The van der Waals surface area contributed by atoms with Crippen molar-refractivity contribution in [3.8, 4) is 17.1 Å². The number of nitrogens with one attached hydrogen (secondary N) is 1. The Morgan fingerprint density at radius 1 is 0.970 bits per heavy atom. The molecule has 168 valence electrons. The number of para-hydroxylation sites is 1. The molecule has 1 amide bonds. The highest BCUT2D eigenvalue weighted by Crippen LogP contribution is 2.29. The Labute approximate surface area is 202 Å². The number of thioether (sulfide) groups is 1. The fourth-order valence-electron chi connectivity index (χ4n) is 3.32.